The van der Waals surface area contributed by atoms with Crippen molar-refractivity contribution in [2.45, 2.75) is 70.3 Å². The quantitative estimate of drug-likeness (QED) is 0.888. The molecule has 6 heteroatoms. The monoisotopic (exact) mass is 344 g/mol. The molecule has 1 amide bonds. The first-order valence-corrected chi connectivity index (χ1v) is 10.0. The number of carbonyl (C=O) groups excluding carboxylic acids is 1. The number of hydrogen-bond donors (Lipinski definition) is 1. The van der Waals surface area contributed by atoms with Gasteiger partial charge in [-0.05, 0) is 75.5 Å². The summed E-state index contributed by atoms with van der Waals surface area (Å²) in [5.41, 5.74) is 0.593. The van der Waals surface area contributed by atoms with Gasteiger partial charge in [0.1, 0.15) is 6.04 Å². The van der Waals surface area contributed by atoms with Gasteiger partial charge >= 0.3 is 6.01 Å². The molecule has 3 saturated carbocycles. The van der Waals surface area contributed by atoms with Crippen molar-refractivity contribution in [3.63, 3.8) is 0 Å². The van der Waals surface area contributed by atoms with Crippen LogP contribution in [0.3, 0.4) is 0 Å². The Morgan fingerprint density at radius 1 is 1.16 bits per heavy atom. The summed E-state index contributed by atoms with van der Waals surface area (Å²) in [6.07, 6.45) is 10.2. The molecule has 4 aliphatic rings. The fourth-order valence-corrected chi connectivity index (χ4v) is 4.67. The van der Waals surface area contributed by atoms with Gasteiger partial charge in [0.25, 0.3) is 0 Å². The molecular formula is C19H28N4O2. The third kappa shape index (κ3) is 3.04. The lowest BCUT2D eigenvalue weighted by molar-refractivity contribution is -0.133. The van der Waals surface area contributed by atoms with Crippen LogP contribution in [0.1, 0.15) is 70.1 Å². The van der Waals surface area contributed by atoms with Crippen molar-refractivity contribution >= 4 is 11.9 Å². The summed E-state index contributed by atoms with van der Waals surface area (Å²) >= 11 is 0. The molecule has 1 N–H and O–H groups in total. The lowest BCUT2D eigenvalue weighted by Gasteiger charge is -2.33. The van der Waals surface area contributed by atoms with Crippen LogP contribution in [0, 0.1) is 17.3 Å². The fourth-order valence-electron chi connectivity index (χ4n) is 4.67. The summed E-state index contributed by atoms with van der Waals surface area (Å²) in [5.74, 6) is 3.16. The van der Waals surface area contributed by atoms with Gasteiger partial charge in [-0.15, -0.1) is 5.10 Å². The number of amides is 1. The molecule has 2 heterocycles. The minimum Gasteiger partial charge on any atom is -0.408 e. The SMILES string of the molecule is CC(Nc1nnc(C2CC(C3CC3)C2)o1)C(=O)N1CCC2(CC1)CC2. The number of aromatic nitrogens is 2. The number of rotatable bonds is 5. The molecule has 4 fully saturated rings. The molecule has 3 aliphatic carbocycles. The van der Waals surface area contributed by atoms with E-state index in [1.165, 1.54) is 51.4 Å². The average Bonchev–Trinajstić information content (AvgIpc) is 3.49. The van der Waals surface area contributed by atoms with E-state index in [2.05, 4.69) is 15.5 Å². The minimum absolute atomic E-state index is 0.146. The Hall–Kier alpha value is -1.59. The van der Waals surface area contributed by atoms with Crippen LogP contribution in [0.2, 0.25) is 0 Å². The number of anilines is 1. The number of carbonyl (C=O) groups is 1. The molecule has 1 unspecified atom stereocenters. The maximum absolute atomic E-state index is 12.6. The van der Waals surface area contributed by atoms with Crippen molar-refractivity contribution in [1.29, 1.82) is 0 Å². The van der Waals surface area contributed by atoms with Crippen LogP contribution < -0.4 is 5.32 Å². The second-order valence-electron chi connectivity index (χ2n) is 8.90. The lowest BCUT2D eigenvalue weighted by atomic mass is 9.72. The van der Waals surface area contributed by atoms with E-state index in [1.54, 1.807) is 0 Å². The Labute approximate surface area is 148 Å². The molecule has 1 aromatic rings. The van der Waals surface area contributed by atoms with Crippen molar-refractivity contribution in [2.75, 3.05) is 18.4 Å². The standard InChI is InChI=1S/C19H28N4O2/c1-12(17(24)23-8-6-19(4-5-19)7-9-23)20-18-22-21-16(25-18)15-10-14(11-15)13-2-3-13/h12-15H,2-11H2,1H3,(H,20,22). The van der Waals surface area contributed by atoms with Crippen LogP contribution >= 0.6 is 0 Å². The number of likely N-dealkylation sites (tertiary alicyclic amines) is 1. The van der Waals surface area contributed by atoms with Crippen molar-refractivity contribution in [3.05, 3.63) is 5.89 Å². The summed E-state index contributed by atoms with van der Waals surface area (Å²) < 4.78 is 5.78. The van der Waals surface area contributed by atoms with E-state index in [1.807, 2.05) is 11.8 Å². The molecule has 0 radical (unpaired) electrons. The van der Waals surface area contributed by atoms with E-state index < -0.39 is 0 Å². The first kappa shape index (κ1) is 15.6. The highest BCUT2D eigenvalue weighted by atomic mass is 16.4. The van der Waals surface area contributed by atoms with Gasteiger partial charge in [0, 0.05) is 19.0 Å². The number of nitrogens with one attached hydrogen (secondary N) is 1. The zero-order valence-electron chi connectivity index (χ0n) is 15.0. The van der Waals surface area contributed by atoms with E-state index in [4.69, 9.17) is 4.42 Å². The van der Waals surface area contributed by atoms with Crippen LogP contribution in [-0.2, 0) is 4.79 Å². The van der Waals surface area contributed by atoms with Crippen molar-refractivity contribution in [1.82, 2.24) is 15.1 Å². The maximum Gasteiger partial charge on any atom is 0.316 e. The van der Waals surface area contributed by atoms with Crippen LogP contribution in [0.5, 0.6) is 0 Å². The third-order valence-corrected chi connectivity index (χ3v) is 7.06. The first-order chi connectivity index (χ1) is 12.1. The van der Waals surface area contributed by atoms with Crippen LogP contribution in [0.4, 0.5) is 6.01 Å². The van der Waals surface area contributed by atoms with Gasteiger partial charge in [0.05, 0.1) is 0 Å². The minimum atomic E-state index is -0.317. The Balaban J connectivity index is 1.13. The molecule has 6 nitrogen and oxygen atoms in total. The summed E-state index contributed by atoms with van der Waals surface area (Å²) in [6.45, 7) is 3.68. The van der Waals surface area contributed by atoms with Gasteiger partial charge in [-0.2, -0.15) is 0 Å². The van der Waals surface area contributed by atoms with Gasteiger partial charge in [0.2, 0.25) is 11.8 Å². The highest BCUT2D eigenvalue weighted by Gasteiger charge is 2.45. The topological polar surface area (TPSA) is 71.3 Å². The first-order valence-electron chi connectivity index (χ1n) is 10.0. The second kappa shape index (κ2) is 5.71. The molecule has 1 spiro atoms. The molecular weight excluding hydrogens is 316 g/mol. The zero-order valence-corrected chi connectivity index (χ0v) is 15.0. The van der Waals surface area contributed by atoms with E-state index in [9.17, 15) is 4.79 Å². The number of nitrogens with zero attached hydrogens (tertiary/aromatic N) is 3. The molecule has 1 saturated heterocycles. The predicted octanol–water partition coefficient (Wildman–Crippen LogP) is 3.18. The van der Waals surface area contributed by atoms with Crippen molar-refractivity contribution in [2.24, 2.45) is 17.3 Å². The predicted molar refractivity (Wildman–Crippen MR) is 93.1 cm³/mol. The normalized spacial score (nSPS) is 31.5. The van der Waals surface area contributed by atoms with Crippen LogP contribution in [0.25, 0.3) is 0 Å². The Kier molecular flexibility index (Phi) is 3.57. The molecule has 25 heavy (non-hydrogen) atoms. The molecule has 1 atom stereocenters. The Morgan fingerprint density at radius 2 is 1.88 bits per heavy atom. The van der Waals surface area contributed by atoms with Crippen LogP contribution in [-0.4, -0.2) is 40.1 Å². The molecule has 1 aliphatic heterocycles. The fraction of sp³-hybridized carbons (Fsp3) is 0.842. The summed E-state index contributed by atoms with van der Waals surface area (Å²) in [7, 11) is 0. The van der Waals surface area contributed by atoms with Gasteiger partial charge < -0.3 is 14.6 Å². The van der Waals surface area contributed by atoms with E-state index in [0.717, 1.165) is 30.8 Å². The van der Waals surface area contributed by atoms with Gasteiger partial charge in [-0.3, -0.25) is 4.79 Å². The molecule has 5 rings (SSSR count). The smallest absolute Gasteiger partial charge is 0.316 e. The molecule has 1 aromatic heterocycles. The maximum atomic E-state index is 12.6. The van der Waals surface area contributed by atoms with Gasteiger partial charge in [-0.25, -0.2) is 0 Å². The summed E-state index contributed by atoms with van der Waals surface area (Å²) in [4.78, 5) is 14.6. The number of hydrogen-bond acceptors (Lipinski definition) is 5. The third-order valence-electron chi connectivity index (χ3n) is 7.06. The number of piperidine rings is 1. The zero-order chi connectivity index (χ0) is 17.0. The van der Waals surface area contributed by atoms with Gasteiger partial charge in [0.15, 0.2) is 0 Å². The highest BCUT2D eigenvalue weighted by Crippen LogP contribution is 2.54. The molecule has 0 aromatic carbocycles. The Morgan fingerprint density at radius 3 is 2.52 bits per heavy atom. The summed E-state index contributed by atoms with van der Waals surface area (Å²) in [5, 5.41) is 11.4. The van der Waals surface area contributed by atoms with Crippen molar-refractivity contribution in [3.8, 4) is 0 Å². The largest absolute Gasteiger partial charge is 0.408 e. The average molecular weight is 344 g/mol. The molecule has 136 valence electrons. The Bertz CT molecular complexity index is 648. The van der Waals surface area contributed by atoms with E-state index in [0.29, 0.717) is 17.3 Å². The van der Waals surface area contributed by atoms with Gasteiger partial charge in [-0.1, -0.05) is 5.10 Å². The molecule has 0 bridgehead atoms. The van der Waals surface area contributed by atoms with E-state index >= 15 is 0 Å². The second-order valence-corrected chi connectivity index (χ2v) is 8.90. The van der Waals surface area contributed by atoms with Crippen LogP contribution in [0.15, 0.2) is 4.42 Å². The highest BCUT2D eigenvalue weighted by molar-refractivity contribution is 5.83. The van der Waals surface area contributed by atoms with Crippen molar-refractivity contribution < 1.29 is 9.21 Å². The van der Waals surface area contributed by atoms with E-state index in [-0.39, 0.29) is 11.9 Å². The summed E-state index contributed by atoms with van der Waals surface area (Å²) in [6, 6.07) is 0.0727. The lowest BCUT2D eigenvalue weighted by Crippen LogP contribution is -2.45.